The Bertz CT molecular complexity index is 710. The van der Waals surface area contributed by atoms with Crippen molar-refractivity contribution < 1.29 is 18.7 Å². The predicted octanol–water partition coefficient (Wildman–Crippen LogP) is 2.47. The molecule has 0 aliphatic heterocycles. The molecule has 2 heterocycles. The number of esters is 1. The molecule has 7 heteroatoms. The van der Waals surface area contributed by atoms with E-state index in [2.05, 4.69) is 10.1 Å². The molecule has 0 N–H and O–H groups in total. The van der Waals surface area contributed by atoms with Gasteiger partial charge < -0.3 is 9.47 Å². The third kappa shape index (κ3) is 2.54. The minimum atomic E-state index is -0.527. The van der Waals surface area contributed by atoms with Crippen LogP contribution in [0.5, 0.6) is 5.88 Å². The Kier molecular flexibility index (Phi) is 3.79. The monoisotopic (exact) mass is 305 g/mol. The van der Waals surface area contributed by atoms with E-state index in [-0.39, 0.29) is 24.1 Å². The Hall–Kier alpha value is -2.44. The van der Waals surface area contributed by atoms with Crippen LogP contribution in [-0.4, -0.2) is 34.5 Å². The quantitative estimate of drug-likeness (QED) is 0.794. The standard InChI is InChI=1S/C15H16FN3O3/c1-3-22-15(20)10-7-18-19(14(10)9-4-5-9)12-6-13(21-2)17-8-11(12)16/h6-9H,3-5H2,1-2H3. The number of hydrogen-bond donors (Lipinski definition) is 0. The molecule has 1 fully saturated rings. The van der Waals surface area contributed by atoms with E-state index in [0.29, 0.717) is 11.3 Å². The third-order valence-electron chi connectivity index (χ3n) is 3.51. The number of halogens is 1. The van der Waals surface area contributed by atoms with Crippen molar-refractivity contribution in [2.45, 2.75) is 25.7 Å². The zero-order valence-corrected chi connectivity index (χ0v) is 12.4. The second-order valence-corrected chi connectivity index (χ2v) is 5.03. The Morgan fingerprint density at radius 2 is 2.23 bits per heavy atom. The normalized spacial score (nSPS) is 14.0. The Morgan fingerprint density at radius 1 is 1.45 bits per heavy atom. The number of hydrogen-bond acceptors (Lipinski definition) is 5. The summed E-state index contributed by atoms with van der Waals surface area (Å²) in [6, 6.07) is 1.46. The number of rotatable bonds is 5. The lowest BCUT2D eigenvalue weighted by Gasteiger charge is -2.10. The van der Waals surface area contributed by atoms with E-state index in [1.165, 1.54) is 24.1 Å². The zero-order chi connectivity index (χ0) is 15.7. The van der Waals surface area contributed by atoms with Crippen molar-refractivity contribution in [2.24, 2.45) is 0 Å². The molecule has 1 aliphatic rings. The van der Waals surface area contributed by atoms with Crippen molar-refractivity contribution in [3.63, 3.8) is 0 Å². The number of carbonyl (C=O) groups excluding carboxylic acids is 1. The fourth-order valence-corrected chi connectivity index (χ4v) is 2.35. The fourth-order valence-electron chi connectivity index (χ4n) is 2.35. The van der Waals surface area contributed by atoms with Crippen molar-refractivity contribution in [2.75, 3.05) is 13.7 Å². The van der Waals surface area contributed by atoms with Gasteiger partial charge in [0.2, 0.25) is 5.88 Å². The van der Waals surface area contributed by atoms with Crippen LogP contribution in [0.1, 0.15) is 41.7 Å². The largest absolute Gasteiger partial charge is 0.481 e. The number of nitrogens with zero attached hydrogens (tertiary/aromatic N) is 3. The molecule has 0 spiro atoms. The van der Waals surface area contributed by atoms with Gasteiger partial charge in [-0.05, 0) is 19.8 Å². The van der Waals surface area contributed by atoms with E-state index in [9.17, 15) is 9.18 Å². The van der Waals surface area contributed by atoms with Crippen molar-refractivity contribution in [1.82, 2.24) is 14.8 Å². The van der Waals surface area contributed by atoms with E-state index >= 15 is 0 Å². The lowest BCUT2D eigenvalue weighted by atomic mass is 10.1. The maximum Gasteiger partial charge on any atom is 0.341 e. The summed E-state index contributed by atoms with van der Waals surface area (Å²) in [5.41, 5.74) is 1.29. The molecule has 1 aliphatic carbocycles. The molecule has 0 atom stereocenters. The first-order chi connectivity index (χ1) is 10.7. The van der Waals surface area contributed by atoms with Crippen LogP contribution >= 0.6 is 0 Å². The van der Waals surface area contributed by atoms with E-state index < -0.39 is 11.8 Å². The van der Waals surface area contributed by atoms with Gasteiger partial charge in [0.05, 0.1) is 31.8 Å². The molecule has 0 bridgehead atoms. The molecule has 22 heavy (non-hydrogen) atoms. The van der Waals surface area contributed by atoms with Crippen LogP contribution in [0.4, 0.5) is 4.39 Å². The first-order valence-electron chi connectivity index (χ1n) is 7.10. The van der Waals surface area contributed by atoms with Gasteiger partial charge in [-0.25, -0.2) is 18.9 Å². The van der Waals surface area contributed by atoms with Crippen LogP contribution < -0.4 is 4.74 Å². The highest BCUT2D eigenvalue weighted by molar-refractivity contribution is 5.91. The summed E-state index contributed by atoms with van der Waals surface area (Å²) in [7, 11) is 1.46. The number of ether oxygens (including phenoxy) is 2. The molecular formula is C15H16FN3O3. The smallest absolute Gasteiger partial charge is 0.341 e. The predicted molar refractivity (Wildman–Crippen MR) is 75.8 cm³/mol. The highest BCUT2D eigenvalue weighted by Gasteiger charge is 2.34. The van der Waals surface area contributed by atoms with Crippen molar-refractivity contribution >= 4 is 5.97 Å². The second kappa shape index (κ2) is 5.75. The second-order valence-electron chi connectivity index (χ2n) is 5.03. The summed E-state index contributed by atoms with van der Waals surface area (Å²) < 4.78 is 25.6. The molecule has 0 saturated heterocycles. The van der Waals surface area contributed by atoms with Crippen LogP contribution in [0, 0.1) is 5.82 Å². The summed E-state index contributed by atoms with van der Waals surface area (Å²) in [5.74, 6) is -0.481. The fraction of sp³-hybridized carbons (Fsp3) is 0.400. The van der Waals surface area contributed by atoms with Gasteiger partial charge in [0.1, 0.15) is 11.3 Å². The SMILES string of the molecule is CCOC(=O)c1cnn(-c2cc(OC)ncc2F)c1C1CC1. The molecule has 1 saturated carbocycles. The van der Waals surface area contributed by atoms with Gasteiger partial charge in [0.25, 0.3) is 0 Å². The Balaban J connectivity index is 2.10. The summed E-state index contributed by atoms with van der Waals surface area (Å²) in [5, 5.41) is 4.18. The van der Waals surface area contributed by atoms with Crippen molar-refractivity contribution in [3.05, 3.63) is 35.5 Å². The van der Waals surface area contributed by atoms with Crippen molar-refractivity contribution in [3.8, 4) is 11.6 Å². The average Bonchev–Trinajstić information content (AvgIpc) is 3.26. The zero-order valence-electron chi connectivity index (χ0n) is 12.4. The van der Waals surface area contributed by atoms with Gasteiger partial charge in [0, 0.05) is 12.0 Å². The highest BCUT2D eigenvalue weighted by atomic mass is 19.1. The van der Waals surface area contributed by atoms with Gasteiger partial charge in [-0.3, -0.25) is 0 Å². The number of pyridine rings is 1. The summed E-state index contributed by atoms with van der Waals surface area (Å²) in [4.78, 5) is 15.9. The van der Waals surface area contributed by atoms with Gasteiger partial charge in [-0.2, -0.15) is 5.10 Å². The molecule has 3 rings (SSSR count). The molecule has 2 aromatic rings. The van der Waals surface area contributed by atoms with Gasteiger partial charge in [-0.15, -0.1) is 0 Å². The highest BCUT2D eigenvalue weighted by Crippen LogP contribution is 2.43. The van der Waals surface area contributed by atoms with E-state index in [4.69, 9.17) is 9.47 Å². The Labute approximate surface area is 126 Å². The average molecular weight is 305 g/mol. The number of methoxy groups -OCH3 is 1. The minimum absolute atomic E-state index is 0.195. The molecule has 0 unspecified atom stereocenters. The van der Waals surface area contributed by atoms with Gasteiger partial charge in [-0.1, -0.05) is 0 Å². The summed E-state index contributed by atoms with van der Waals surface area (Å²) >= 11 is 0. The van der Waals surface area contributed by atoms with E-state index in [1.807, 2.05) is 0 Å². The molecule has 116 valence electrons. The first kappa shape index (κ1) is 14.5. The summed E-state index contributed by atoms with van der Waals surface area (Å²) in [6.07, 6.45) is 4.40. The third-order valence-corrected chi connectivity index (χ3v) is 3.51. The molecule has 0 amide bonds. The molecular weight excluding hydrogens is 289 g/mol. The van der Waals surface area contributed by atoms with Crippen LogP contribution in [0.25, 0.3) is 5.69 Å². The maximum absolute atomic E-state index is 14.1. The van der Waals surface area contributed by atoms with Gasteiger partial charge >= 0.3 is 5.97 Å². The first-order valence-corrected chi connectivity index (χ1v) is 7.10. The van der Waals surface area contributed by atoms with Gasteiger partial charge in [0.15, 0.2) is 5.82 Å². The number of aromatic nitrogens is 3. The van der Waals surface area contributed by atoms with Crippen molar-refractivity contribution in [1.29, 1.82) is 0 Å². The molecule has 6 nitrogen and oxygen atoms in total. The lowest BCUT2D eigenvalue weighted by Crippen LogP contribution is -2.10. The maximum atomic E-state index is 14.1. The van der Waals surface area contributed by atoms with Crippen LogP contribution in [0.15, 0.2) is 18.5 Å². The topological polar surface area (TPSA) is 66.2 Å². The molecule has 0 aromatic carbocycles. The van der Waals surface area contributed by atoms with E-state index in [1.54, 1.807) is 6.92 Å². The number of carbonyl (C=O) groups is 1. The van der Waals surface area contributed by atoms with E-state index in [0.717, 1.165) is 19.0 Å². The molecule has 2 aromatic heterocycles. The van der Waals surface area contributed by atoms with Crippen LogP contribution in [0.2, 0.25) is 0 Å². The van der Waals surface area contributed by atoms with Crippen LogP contribution in [-0.2, 0) is 4.74 Å². The minimum Gasteiger partial charge on any atom is -0.481 e. The lowest BCUT2D eigenvalue weighted by molar-refractivity contribution is 0.0525. The van der Waals surface area contributed by atoms with Crippen LogP contribution in [0.3, 0.4) is 0 Å². The molecule has 0 radical (unpaired) electrons. The summed E-state index contributed by atoms with van der Waals surface area (Å²) in [6.45, 7) is 2.03. The Morgan fingerprint density at radius 3 is 2.86 bits per heavy atom.